The van der Waals surface area contributed by atoms with Gasteiger partial charge < -0.3 is 11.1 Å². The number of carbonyl (C=O) groups is 3. The lowest BCUT2D eigenvalue weighted by Crippen LogP contribution is -2.48. The molecule has 4 N–H and O–H groups in total. The van der Waals surface area contributed by atoms with Crippen LogP contribution in [0.15, 0.2) is 18.2 Å². The van der Waals surface area contributed by atoms with Crippen molar-refractivity contribution >= 4 is 23.4 Å². The molecule has 0 bridgehead atoms. The van der Waals surface area contributed by atoms with Crippen LogP contribution in [0.2, 0.25) is 0 Å². The van der Waals surface area contributed by atoms with E-state index < -0.39 is 17.4 Å². The maximum Gasteiger partial charge on any atom is 0.259 e. The highest BCUT2D eigenvalue weighted by molar-refractivity contribution is 6.22. The molecule has 0 saturated carbocycles. The normalized spacial score (nSPS) is 16.4. The molecule has 0 radical (unpaired) electrons. The molecule has 1 aliphatic heterocycles. The summed E-state index contributed by atoms with van der Waals surface area (Å²) in [6.07, 6.45) is 1.35. The van der Waals surface area contributed by atoms with E-state index in [2.05, 4.69) is 10.6 Å². The predicted molar refractivity (Wildman–Crippen MR) is 74.4 cm³/mol. The highest BCUT2D eigenvalue weighted by atomic mass is 16.2. The topological polar surface area (TPSA) is 101 Å². The SMILES string of the molecule is CCCC(C)(N)C(=O)Nc1ccc2c(c1)C(=O)NC2=O. The van der Waals surface area contributed by atoms with Gasteiger partial charge in [0.15, 0.2) is 0 Å². The first-order chi connectivity index (χ1) is 9.35. The minimum absolute atomic E-state index is 0.266. The van der Waals surface area contributed by atoms with Crippen molar-refractivity contribution in [3.8, 4) is 0 Å². The van der Waals surface area contributed by atoms with Crippen molar-refractivity contribution in [3.05, 3.63) is 29.3 Å². The van der Waals surface area contributed by atoms with Crippen LogP contribution in [-0.2, 0) is 4.79 Å². The first-order valence-electron chi connectivity index (χ1n) is 6.45. The second-order valence-corrected chi connectivity index (χ2v) is 5.17. The number of hydrogen-bond acceptors (Lipinski definition) is 4. The molecule has 6 nitrogen and oxygen atoms in total. The van der Waals surface area contributed by atoms with Crippen LogP contribution in [0.25, 0.3) is 0 Å². The first kappa shape index (κ1) is 14.2. The van der Waals surface area contributed by atoms with Crippen molar-refractivity contribution in [2.24, 2.45) is 5.73 Å². The summed E-state index contributed by atoms with van der Waals surface area (Å²) in [5.41, 5.74) is 6.00. The van der Waals surface area contributed by atoms with Crippen LogP contribution in [-0.4, -0.2) is 23.3 Å². The largest absolute Gasteiger partial charge is 0.324 e. The summed E-state index contributed by atoms with van der Waals surface area (Å²) in [4.78, 5) is 35.0. The average molecular weight is 275 g/mol. The number of nitrogens with two attached hydrogens (primary N) is 1. The molecule has 1 unspecified atom stereocenters. The Labute approximate surface area is 116 Å². The third-order valence-electron chi connectivity index (χ3n) is 3.28. The zero-order valence-corrected chi connectivity index (χ0v) is 11.4. The maximum absolute atomic E-state index is 12.1. The molecule has 0 saturated heterocycles. The fraction of sp³-hybridized carbons (Fsp3) is 0.357. The van der Waals surface area contributed by atoms with E-state index in [1.807, 2.05) is 6.92 Å². The van der Waals surface area contributed by atoms with Crippen molar-refractivity contribution in [1.29, 1.82) is 0 Å². The third-order valence-corrected chi connectivity index (χ3v) is 3.28. The van der Waals surface area contributed by atoms with E-state index in [-0.39, 0.29) is 11.5 Å². The van der Waals surface area contributed by atoms with Crippen molar-refractivity contribution in [2.75, 3.05) is 5.32 Å². The number of anilines is 1. The third kappa shape index (κ3) is 2.55. The molecule has 106 valence electrons. The van der Waals surface area contributed by atoms with Crippen LogP contribution in [0, 0.1) is 0 Å². The highest BCUT2D eigenvalue weighted by Gasteiger charge is 2.29. The molecule has 0 fully saturated rings. The molecule has 0 aliphatic carbocycles. The van der Waals surface area contributed by atoms with Gasteiger partial charge in [0.2, 0.25) is 5.91 Å². The van der Waals surface area contributed by atoms with E-state index in [4.69, 9.17) is 5.73 Å². The lowest BCUT2D eigenvalue weighted by atomic mass is 9.96. The van der Waals surface area contributed by atoms with Crippen LogP contribution in [0.3, 0.4) is 0 Å². The lowest BCUT2D eigenvalue weighted by Gasteiger charge is -2.22. The van der Waals surface area contributed by atoms with Crippen LogP contribution < -0.4 is 16.4 Å². The van der Waals surface area contributed by atoms with Crippen LogP contribution in [0.4, 0.5) is 5.69 Å². The van der Waals surface area contributed by atoms with E-state index in [0.29, 0.717) is 17.7 Å². The van der Waals surface area contributed by atoms with Gasteiger partial charge in [0, 0.05) is 5.69 Å². The number of nitrogens with one attached hydrogen (secondary N) is 2. The summed E-state index contributed by atoms with van der Waals surface area (Å²) >= 11 is 0. The summed E-state index contributed by atoms with van der Waals surface area (Å²) in [5, 5.41) is 4.87. The Hall–Kier alpha value is -2.21. The molecule has 1 heterocycles. The molecule has 0 spiro atoms. The number of amides is 3. The van der Waals surface area contributed by atoms with Gasteiger partial charge in [0.25, 0.3) is 11.8 Å². The Kier molecular flexibility index (Phi) is 3.59. The van der Waals surface area contributed by atoms with E-state index in [1.54, 1.807) is 13.0 Å². The highest BCUT2D eigenvalue weighted by Crippen LogP contribution is 2.21. The molecule has 20 heavy (non-hydrogen) atoms. The second kappa shape index (κ2) is 5.05. The first-order valence-corrected chi connectivity index (χ1v) is 6.45. The number of imide groups is 1. The zero-order valence-electron chi connectivity index (χ0n) is 11.4. The quantitative estimate of drug-likeness (QED) is 0.714. The van der Waals surface area contributed by atoms with Crippen molar-refractivity contribution in [2.45, 2.75) is 32.2 Å². The van der Waals surface area contributed by atoms with Gasteiger partial charge in [-0.3, -0.25) is 19.7 Å². The van der Waals surface area contributed by atoms with Gasteiger partial charge in [-0.15, -0.1) is 0 Å². The fourth-order valence-electron chi connectivity index (χ4n) is 2.15. The summed E-state index contributed by atoms with van der Waals surface area (Å²) in [7, 11) is 0. The van der Waals surface area contributed by atoms with Crippen molar-refractivity contribution in [1.82, 2.24) is 5.32 Å². The number of benzene rings is 1. The summed E-state index contributed by atoms with van der Waals surface area (Å²) in [5.74, 6) is -1.19. The Morgan fingerprint density at radius 1 is 1.30 bits per heavy atom. The molecule has 1 aromatic rings. The molecule has 1 aliphatic rings. The summed E-state index contributed by atoms with van der Waals surface area (Å²) in [6.45, 7) is 3.61. The average Bonchev–Trinajstić information content (AvgIpc) is 2.64. The molecule has 2 rings (SSSR count). The summed E-state index contributed by atoms with van der Waals surface area (Å²) in [6, 6.07) is 4.57. The van der Waals surface area contributed by atoms with Gasteiger partial charge in [-0.2, -0.15) is 0 Å². The standard InChI is InChI=1S/C14H17N3O3/c1-3-6-14(2,15)13(20)16-8-4-5-9-10(7-8)12(19)17-11(9)18/h4-5,7H,3,6,15H2,1-2H3,(H,16,20)(H,17,18,19). The minimum atomic E-state index is -0.966. The molecule has 6 heteroatoms. The van der Waals surface area contributed by atoms with Gasteiger partial charge >= 0.3 is 0 Å². The number of rotatable bonds is 4. The van der Waals surface area contributed by atoms with Gasteiger partial charge in [0.1, 0.15) is 0 Å². The number of hydrogen-bond donors (Lipinski definition) is 3. The smallest absolute Gasteiger partial charge is 0.259 e. The van der Waals surface area contributed by atoms with E-state index >= 15 is 0 Å². The fourth-order valence-corrected chi connectivity index (χ4v) is 2.15. The lowest BCUT2D eigenvalue weighted by molar-refractivity contribution is -0.120. The molecule has 3 amide bonds. The molecule has 1 aromatic carbocycles. The Bertz CT molecular complexity index is 593. The molecular formula is C14H17N3O3. The maximum atomic E-state index is 12.1. The van der Waals surface area contributed by atoms with Gasteiger partial charge in [-0.05, 0) is 31.5 Å². The molecule has 1 atom stereocenters. The zero-order chi connectivity index (χ0) is 14.9. The van der Waals surface area contributed by atoms with Crippen LogP contribution in [0.1, 0.15) is 47.4 Å². The monoisotopic (exact) mass is 275 g/mol. The Balaban J connectivity index is 2.20. The number of fused-ring (bicyclic) bond motifs is 1. The Morgan fingerprint density at radius 3 is 2.60 bits per heavy atom. The van der Waals surface area contributed by atoms with Crippen molar-refractivity contribution < 1.29 is 14.4 Å². The number of carbonyl (C=O) groups excluding carboxylic acids is 3. The van der Waals surface area contributed by atoms with Gasteiger partial charge in [-0.25, -0.2) is 0 Å². The van der Waals surface area contributed by atoms with E-state index in [0.717, 1.165) is 6.42 Å². The minimum Gasteiger partial charge on any atom is -0.324 e. The Morgan fingerprint density at radius 2 is 1.95 bits per heavy atom. The van der Waals surface area contributed by atoms with Gasteiger partial charge in [-0.1, -0.05) is 13.3 Å². The molecular weight excluding hydrogens is 258 g/mol. The predicted octanol–water partition coefficient (Wildman–Crippen LogP) is 1.03. The van der Waals surface area contributed by atoms with Crippen LogP contribution >= 0.6 is 0 Å². The second-order valence-electron chi connectivity index (χ2n) is 5.17. The molecule has 0 aromatic heterocycles. The summed E-state index contributed by atoms with van der Waals surface area (Å²) < 4.78 is 0. The van der Waals surface area contributed by atoms with E-state index in [9.17, 15) is 14.4 Å². The van der Waals surface area contributed by atoms with Crippen molar-refractivity contribution in [3.63, 3.8) is 0 Å². The van der Waals surface area contributed by atoms with E-state index in [1.165, 1.54) is 12.1 Å². The van der Waals surface area contributed by atoms with Gasteiger partial charge in [0.05, 0.1) is 16.7 Å². The van der Waals surface area contributed by atoms with Crippen LogP contribution in [0.5, 0.6) is 0 Å².